The predicted octanol–water partition coefficient (Wildman–Crippen LogP) is 4.08. The van der Waals surface area contributed by atoms with Gasteiger partial charge in [-0.15, -0.1) is 0 Å². The van der Waals surface area contributed by atoms with E-state index in [1.54, 1.807) is 54.6 Å². The summed E-state index contributed by atoms with van der Waals surface area (Å²) in [5.74, 6) is -1.19. The number of phenols is 1. The number of phenolic OH excluding ortho intramolecular Hbond substituents is 1. The molecule has 0 aliphatic carbocycles. The molecule has 2 unspecified atom stereocenters. The van der Waals surface area contributed by atoms with E-state index >= 15 is 0 Å². The molecule has 1 aromatic heterocycles. The van der Waals surface area contributed by atoms with E-state index in [4.69, 9.17) is 14.2 Å². The molecule has 2 N–H and O–H groups in total. The molecule has 6 rings (SSSR count). The summed E-state index contributed by atoms with van der Waals surface area (Å²) in [5, 5.41) is 11.9. The Morgan fingerprint density at radius 1 is 0.886 bits per heavy atom. The van der Waals surface area contributed by atoms with Gasteiger partial charge in [-0.3, -0.25) is 23.7 Å². The monoisotopic (exact) mass is 633 g/mol. The highest BCUT2D eigenvalue weighted by atomic mass is 32.2. The average Bonchev–Trinajstić information content (AvgIpc) is 3.47. The number of carbonyl (C=O) groups is 3. The van der Waals surface area contributed by atoms with Gasteiger partial charge in [0.05, 0.1) is 38.0 Å². The summed E-state index contributed by atoms with van der Waals surface area (Å²) < 4.78 is 17.5. The van der Waals surface area contributed by atoms with Gasteiger partial charge in [-0.05, 0) is 66.2 Å². The van der Waals surface area contributed by atoms with Crippen molar-refractivity contribution < 1.29 is 33.7 Å². The number of fused-ring (bicyclic) bond motifs is 2. The fraction of sp³-hybridized carbons (Fsp3) is 0.226. The van der Waals surface area contributed by atoms with E-state index in [9.17, 15) is 24.3 Å². The summed E-state index contributed by atoms with van der Waals surface area (Å²) in [4.78, 5) is 55.9. The number of rotatable bonds is 8. The minimum absolute atomic E-state index is 0.0535. The van der Waals surface area contributed by atoms with Crippen LogP contribution in [0.15, 0.2) is 76.6 Å². The average molecular weight is 634 g/mol. The first-order valence-electron chi connectivity index (χ1n) is 13.5. The SMILES string of the molecule is COc1ccc(N2C(=O)C3Sc4c(sc(=O)n4CC(=O)Nc4ccc(O)cc4)[C@H](c4ccc(OC)c(OC)c4)C3C2=O)cc1. The molecule has 4 aromatic rings. The topological polar surface area (TPSA) is 136 Å². The molecule has 3 atom stereocenters. The number of hydrogen-bond donors (Lipinski definition) is 2. The number of anilines is 2. The lowest BCUT2D eigenvalue weighted by atomic mass is 9.83. The summed E-state index contributed by atoms with van der Waals surface area (Å²) in [7, 11) is 4.55. The van der Waals surface area contributed by atoms with Gasteiger partial charge in [-0.25, -0.2) is 4.90 Å². The van der Waals surface area contributed by atoms with Crippen LogP contribution in [0.3, 0.4) is 0 Å². The predicted molar refractivity (Wildman–Crippen MR) is 165 cm³/mol. The standard InChI is InChI=1S/C31H27N3O8S2/c1-40-20-11-7-18(8-12-20)34-28(37)25-24(16-4-13-21(41-2)22(14-16)42-3)27-30(43-26(25)29(34)38)33(31(39)44-27)15-23(36)32-17-5-9-19(35)10-6-17/h4-14,24-26,35H,15H2,1-3H3,(H,32,36)/t24-,25?,26?/m1/s1. The van der Waals surface area contributed by atoms with E-state index in [1.165, 1.54) is 42.9 Å². The Labute approximate surface area is 260 Å². The third-order valence-corrected chi connectivity index (χ3v) is 10.2. The number of aromatic hydroxyl groups is 1. The smallest absolute Gasteiger partial charge is 0.308 e. The quantitative estimate of drug-likeness (QED) is 0.217. The number of thioether (sulfide) groups is 1. The molecular formula is C31H27N3O8S2. The van der Waals surface area contributed by atoms with Crippen LogP contribution in [-0.2, 0) is 20.9 Å². The van der Waals surface area contributed by atoms with Crippen molar-refractivity contribution in [3.05, 3.63) is 86.8 Å². The number of nitrogens with one attached hydrogen (secondary N) is 1. The minimum Gasteiger partial charge on any atom is -0.508 e. The van der Waals surface area contributed by atoms with Crippen LogP contribution in [0.1, 0.15) is 16.4 Å². The number of benzene rings is 3. The lowest BCUT2D eigenvalue weighted by Crippen LogP contribution is -2.33. The number of methoxy groups -OCH3 is 3. The molecule has 3 aromatic carbocycles. The van der Waals surface area contributed by atoms with E-state index in [2.05, 4.69) is 5.32 Å². The highest BCUT2D eigenvalue weighted by Gasteiger charge is 2.57. The maximum Gasteiger partial charge on any atom is 0.308 e. The second-order valence-electron chi connectivity index (χ2n) is 10.1. The van der Waals surface area contributed by atoms with Crippen LogP contribution < -0.4 is 29.3 Å². The van der Waals surface area contributed by atoms with Crippen molar-refractivity contribution in [1.29, 1.82) is 0 Å². The van der Waals surface area contributed by atoms with Gasteiger partial charge >= 0.3 is 4.87 Å². The highest BCUT2D eigenvalue weighted by Crippen LogP contribution is 2.54. The molecule has 3 amide bonds. The van der Waals surface area contributed by atoms with E-state index in [-0.39, 0.29) is 23.1 Å². The Hall–Kier alpha value is -4.75. The molecule has 0 spiro atoms. The summed E-state index contributed by atoms with van der Waals surface area (Å²) in [6.07, 6.45) is 0. The molecule has 1 saturated heterocycles. The van der Waals surface area contributed by atoms with Crippen molar-refractivity contribution in [3.8, 4) is 23.0 Å². The Morgan fingerprint density at radius 2 is 1.59 bits per heavy atom. The zero-order valence-corrected chi connectivity index (χ0v) is 25.4. The third kappa shape index (κ3) is 5.07. The number of imide groups is 1. The molecule has 1 fully saturated rings. The van der Waals surface area contributed by atoms with Gasteiger partial charge in [-0.1, -0.05) is 29.2 Å². The fourth-order valence-corrected chi connectivity index (χ4v) is 8.31. The highest BCUT2D eigenvalue weighted by molar-refractivity contribution is 8.00. The van der Waals surface area contributed by atoms with Crippen LogP contribution in [0, 0.1) is 5.92 Å². The molecule has 13 heteroatoms. The first kappa shape index (κ1) is 29.3. The van der Waals surface area contributed by atoms with Gasteiger partial charge in [0.15, 0.2) is 11.5 Å². The van der Waals surface area contributed by atoms with Crippen molar-refractivity contribution in [1.82, 2.24) is 4.57 Å². The maximum absolute atomic E-state index is 14.1. The molecule has 44 heavy (non-hydrogen) atoms. The molecule has 2 aliphatic rings. The molecule has 0 bridgehead atoms. The van der Waals surface area contributed by atoms with Crippen LogP contribution in [0.4, 0.5) is 11.4 Å². The number of aromatic nitrogens is 1. The number of hydrogen-bond acceptors (Lipinski definition) is 10. The first-order valence-corrected chi connectivity index (χ1v) is 15.2. The molecular weight excluding hydrogens is 606 g/mol. The number of ether oxygens (including phenoxy) is 3. The molecule has 0 saturated carbocycles. The fourth-order valence-electron chi connectivity index (χ4n) is 5.54. The van der Waals surface area contributed by atoms with Crippen LogP contribution >= 0.6 is 23.1 Å². The van der Waals surface area contributed by atoms with E-state index in [0.29, 0.717) is 44.1 Å². The Bertz CT molecular complexity index is 1820. The zero-order chi connectivity index (χ0) is 31.1. The Kier molecular flexibility index (Phi) is 7.82. The molecule has 2 aliphatic heterocycles. The van der Waals surface area contributed by atoms with Gasteiger partial charge in [-0.2, -0.15) is 0 Å². The maximum atomic E-state index is 14.1. The Morgan fingerprint density at radius 3 is 2.25 bits per heavy atom. The summed E-state index contributed by atoms with van der Waals surface area (Å²) in [5.41, 5.74) is 1.53. The zero-order valence-electron chi connectivity index (χ0n) is 23.8. The van der Waals surface area contributed by atoms with Crippen LogP contribution in [0.5, 0.6) is 23.0 Å². The number of thiazole rings is 1. The van der Waals surface area contributed by atoms with E-state index in [1.807, 2.05) is 0 Å². The molecule has 226 valence electrons. The first-order chi connectivity index (χ1) is 21.2. The van der Waals surface area contributed by atoms with Crippen molar-refractivity contribution in [2.45, 2.75) is 22.7 Å². The normalized spacial score (nSPS) is 18.9. The van der Waals surface area contributed by atoms with Crippen LogP contribution in [0.25, 0.3) is 0 Å². The van der Waals surface area contributed by atoms with Crippen molar-refractivity contribution in [2.75, 3.05) is 31.5 Å². The molecule has 11 nitrogen and oxygen atoms in total. The van der Waals surface area contributed by atoms with E-state index in [0.717, 1.165) is 23.1 Å². The van der Waals surface area contributed by atoms with E-state index < -0.39 is 28.9 Å². The lowest BCUT2D eigenvalue weighted by Gasteiger charge is -2.31. The molecule has 0 radical (unpaired) electrons. The van der Waals surface area contributed by atoms with Gasteiger partial charge < -0.3 is 24.6 Å². The summed E-state index contributed by atoms with van der Waals surface area (Å²) >= 11 is 2.08. The lowest BCUT2D eigenvalue weighted by molar-refractivity contribution is -0.122. The Balaban J connectivity index is 1.43. The number of nitrogens with zero attached hydrogens (tertiary/aromatic N) is 2. The van der Waals surface area contributed by atoms with Gasteiger partial charge in [0.1, 0.15) is 23.3 Å². The largest absolute Gasteiger partial charge is 0.508 e. The van der Waals surface area contributed by atoms with Gasteiger partial charge in [0.2, 0.25) is 17.7 Å². The van der Waals surface area contributed by atoms with Crippen molar-refractivity contribution >= 4 is 52.2 Å². The van der Waals surface area contributed by atoms with Gasteiger partial charge in [0, 0.05) is 16.5 Å². The minimum atomic E-state index is -0.851. The third-order valence-electron chi connectivity index (χ3n) is 7.60. The van der Waals surface area contributed by atoms with Crippen LogP contribution in [-0.4, -0.2) is 54.0 Å². The second-order valence-corrected chi connectivity index (χ2v) is 12.2. The summed E-state index contributed by atoms with van der Waals surface area (Å²) in [6.45, 7) is -0.307. The second kappa shape index (κ2) is 11.7. The van der Waals surface area contributed by atoms with Crippen molar-refractivity contribution in [3.63, 3.8) is 0 Å². The van der Waals surface area contributed by atoms with Crippen molar-refractivity contribution in [2.24, 2.45) is 5.92 Å². The molecule has 3 heterocycles. The number of amides is 3. The summed E-state index contributed by atoms with van der Waals surface area (Å²) in [6, 6.07) is 17.9. The van der Waals surface area contributed by atoms with Gasteiger partial charge in [0.25, 0.3) is 0 Å². The number of carbonyl (C=O) groups excluding carboxylic acids is 3. The van der Waals surface area contributed by atoms with Crippen LogP contribution in [0.2, 0.25) is 0 Å².